The van der Waals surface area contributed by atoms with E-state index < -0.39 is 0 Å². The summed E-state index contributed by atoms with van der Waals surface area (Å²) in [6.45, 7) is 1.91. The van der Waals surface area contributed by atoms with Gasteiger partial charge < -0.3 is 5.32 Å². The number of benzene rings is 2. The number of aromatic nitrogens is 3. The van der Waals surface area contributed by atoms with Crippen LogP contribution in [0.2, 0.25) is 0 Å². The van der Waals surface area contributed by atoms with Crippen LogP contribution in [0, 0.1) is 5.82 Å². The maximum absolute atomic E-state index is 13.2. The average Bonchev–Trinajstić information content (AvgIpc) is 3.09. The fourth-order valence-electron chi connectivity index (χ4n) is 2.47. The fourth-order valence-corrected chi connectivity index (χ4v) is 2.47. The Labute approximate surface area is 139 Å². The fraction of sp³-hybridized carbons (Fsp3) is 0.167. The van der Waals surface area contributed by atoms with E-state index in [9.17, 15) is 9.18 Å². The molecule has 1 heterocycles. The molecule has 0 saturated heterocycles. The smallest absolute Gasteiger partial charge is 0.224 e. The summed E-state index contributed by atoms with van der Waals surface area (Å²) in [6, 6.07) is 13.6. The molecule has 0 aliphatic heterocycles. The molecule has 1 amide bonds. The van der Waals surface area contributed by atoms with Gasteiger partial charge in [0.05, 0.1) is 18.2 Å². The largest absolute Gasteiger partial charge is 0.349 e. The van der Waals surface area contributed by atoms with Crippen LogP contribution in [0.25, 0.3) is 5.69 Å². The van der Waals surface area contributed by atoms with E-state index in [1.807, 2.05) is 31.2 Å². The number of carbonyl (C=O) groups excluding carboxylic acids is 1. The number of rotatable bonds is 5. The van der Waals surface area contributed by atoms with Crippen molar-refractivity contribution in [1.29, 1.82) is 0 Å². The molecule has 3 rings (SSSR count). The first-order valence-electron chi connectivity index (χ1n) is 7.60. The summed E-state index contributed by atoms with van der Waals surface area (Å²) in [7, 11) is 0. The SMILES string of the molecule is C[C@H](NC(=O)Cc1cccc(F)c1)c1ccc(-n2cncn2)cc1. The molecule has 1 aromatic heterocycles. The molecule has 24 heavy (non-hydrogen) atoms. The van der Waals surface area contributed by atoms with Crippen LogP contribution in [0.15, 0.2) is 61.2 Å². The molecule has 0 fully saturated rings. The first-order chi connectivity index (χ1) is 11.6. The second-order valence-electron chi connectivity index (χ2n) is 5.53. The second-order valence-corrected chi connectivity index (χ2v) is 5.53. The normalized spacial score (nSPS) is 11.9. The monoisotopic (exact) mass is 324 g/mol. The van der Waals surface area contributed by atoms with E-state index in [2.05, 4.69) is 15.4 Å². The summed E-state index contributed by atoms with van der Waals surface area (Å²) >= 11 is 0. The van der Waals surface area contributed by atoms with Crippen molar-refractivity contribution < 1.29 is 9.18 Å². The summed E-state index contributed by atoms with van der Waals surface area (Å²) in [4.78, 5) is 16.0. The number of hydrogen-bond donors (Lipinski definition) is 1. The van der Waals surface area contributed by atoms with Crippen LogP contribution in [0.4, 0.5) is 4.39 Å². The van der Waals surface area contributed by atoms with Crippen LogP contribution in [0.1, 0.15) is 24.1 Å². The van der Waals surface area contributed by atoms with Crippen molar-refractivity contribution >= 4 is 5.91 Å². The van der Waals surface area contributed by atoms with Crippen molar-refractivity contribution in [2.45, 2.75) is 19.4 Å². The van der Waals surface area contributed by atoms with Gasteiger partial charge in [0.25, 0.3) is 0 Å². The van der Waals surface area contributed by atoms with Crippen LogP contribution in [0.3, 0.4) is 0 Å². The standard InChI is InChI=1S/C18H17FN4O/c1-13(22-18(24)10-14-3-2-4-16(19)9-14)15-5-7-17(8-6-15)23-12-20-11-21-23/h2-9,11-13H,10H2,1H3,(H,22,24)/t13-/m0/s1. The lowest BCUT2D eigenvalue weighted by Gasteiger charge is -2.15. The molecule has 5 nitrogen and oxygen atoms in total. The summed E-state index contributed by atoms with van der Waals surface area (Å²) in [5.41, 5.74) is 2.53. The molecule has 0 bridgehead atoms. The zero-order valence-corrected chi connectivity index (χ0v) is 13.2. The maximum Gasteiger partial charge on any atom is 0.224 e. The van der Waals surface area contributed by atoms with E-state index in [0.717, 1.165) is 11.3 Å². The van der Waals surface area contributed by atoms with Gasteiger partial charge in [-0.25, -0.2) is 14.1 Å². The van der Waals surface area contributed by atoms with E-state index in [4.69, 9.17) is 0 Å². The zero-order chi connectivity index (χ0) is 16.9. The van der Waals surface area contributed by atoms with Crippen LogP contribution in [0.5, 0.6) is 0 Å². The molecule has 3 aromatic rings. The highest BCUT2D eigenvalue weighted by atomic mass is 19.1. The van der Waals surface area contributed by atoms with Gasteiger partial charge in [-0.1, -0.05) is 24.3 Å². The van der Waals surface area contributed by atoms with Gasteiger partial charge in [0, 0.05) is 0 Å². The van der Waals surface area contributed by atoms with E-state index >= 15 is 0 Å². The molecule has 1 atom stereocenters. The second kappa shape index (κ2) is 7.04. The minimum Gasteiger partial charge on any atom is -0.349 e. The molecular formula is C18H17FN4O. The third-order valence-electron chi connectivity index (χ3n) is 3.71. The van der Waals surface area contributed by atoms with E-state index in [0.29, 0.717) is 5.56 Å². The lowest BCUT2D eigenvalue weighted by molar-refractivity contribution is -0.121. The van der Waals surface area contributed by atoms with Gasteiger partial charge >= 0.3 is 0 Å². The zero-order valence-electron chi connectivity index (χ0n) is 13.2. The Hall–Kier alpha value is -3.02. The minimum atomic E-state index is -0.336. The minimum absolute atomic E-state index is 0.143. The first kappa shape index (κ1) is 15.9. The van der Waals surface area contributed by atoms with E-state index in [-0.39, 0.29) is 24.2 Å². The molecule has 0 aliphatic rings. The number of carbonyl (C=O) groups is 1. The molecular weight excluding hydrogens is 307 g/mol. The van der Waals surface area contributed by atoms with Crippen molar-refractivity contribution in [1.82, 2.24) is 20.1 Å². The average molecular weight is 324 g/mol. The van der Waals surface area contributed by atoms with Gasteiger partial charge in [0.15, 0.2) is 0 Å². The van der Waals surface area contributed by atoms with Gasteiger partial charge in [0.1, 0.15) is 18.5 Å². The lowest BCUT2D eigenvalue weighted by Crippen LogP contribution is -2.28. The third kappa shape index (κ3) is 3.84. The van der Waals surface area contributed by atoms with Crippen LogP contribution < -0.4 is 5.32 Å². The van der Waals surface area contributed by atoms with Crippen molar-refractivity contribution in [2.75, 3.05) is 0 Å². The van der Waals surface area contributed by atoms with Gasteiger partial charge in [-0.3, -0.25) is 4.79 Å². The molecule has 6 heteroatoms. The Morgan fingerprint density at radius 2 is 2.04 bits per heavy atom. The number of halogens is 1. The number of hydrogen-bond acceptors (Lipinski definition) is 3. The van der Waals surface area contributed by atoms with Crippen molar-refractivity contribution in [2.24, 2.45) is 0 Å². The summed E-state index contributed by atoms with van der Waals surface area (Å²) in [5.74, 6) is -0.481. The Bertz CT molecular complexity index is 815. The van der Waals surface area contributed by atoms with Gasteiger partial charge in [-0.2, -0.15) is 5.10 Å². The molecule has 0 aliphatic carbocycles. The number of nitrogens with one attached hydrogen (secondary N) is 1. The number of amides is 1. The number of nitrogens with zero attached hydrogens (tertiary/aromatic N) is 3. The molecule has 2 aromatic carbocycles. The van der Waals surface area contributed by atoms with Crippen LogP contribution in [-0.4, -0.2) is 20.7 Å². The van der Waals surface area contributed by atoms with Gasteiger partial charge in [0.2, 0.25) is 5.91 Å². The summed E-state index contributed by atoms with van der Waals surface area (Å²) < 4.78 is 14.8. The molecule has 1 N–H and O–H groups in total. The van der Waals surface area contributed by atoms with Gasteiger partial charge in [-0.15, -0.1) is 0 Å². The Kier molecular flexibility index (Phi) is 4.65. The first-order valence-corrected chi connectivity index (χ1v) is 7.60. The van der Waals surface area contributed by atoms with Crippen molar-refractivity contribution in [3.8, 4) is 5.69 Å². The predicted molar refractivity (Wildman–Crippen MR) is 88.0 cm³/mol. The Morgan fingerprint density at radius 3 is 2.71 bits per heavy atom. The molecule has 0 unspecified atom stereocenters. The maximum atomic E-state index is 13.2. The lowest BCUT2D eigenvalue weighted by atomic mass is 10.1. The molecule has 0 radical (unpaired) electrons. The highest BCUT2D eigenvalue weighted by Crippen LogP contribution is 2.15. The highest BCUT2D eigenvalue weighted by molar-refractivity contribution is 5.79. The molecule has 0 saturated carbocycles. The third-order valence-corrected chi connectivity index (χ3v) is 3.71. The van der Waals surface area contributed by atoms with Crippen LogP contribution >= 0.6 is 0 Å². The van der Waals surface area contributed by atoms with E-state index in [1.165, 1.54) is 18.5 Å². The quantitative estimate of drug-likeness (QED) is 0.785. The highest BCUT2D eigenvalue weighted by Gasteiger charge is 2.11. The van der Waals surface area contributed by atoms with Crippen molar-refractivity contribution in [3.05, 3.63) is 78.1 Å². The van der Waals surface area contributed by atoms with Crippen molar-refractivity contribution in [3.63, 3.8) is 0 Å². The molecule has 0 spiro atoms. The summed E-state index contributed by atoms with van der Waals surface area (Å²) in [5, 5.41) is 6.99. The van der Waals surface area contributed by atoms with Crippen LogP contribution in [-0.2, 0) is 11.2 Å². The topological polar surface area (TPSA) is 59.8 Å². The van der Waals surface area contributed by atoms with Gasteiger partial charge in [-0.05, 0) is 42.3 Å². The van der Waals surface area contributed by atoms with E-state index in [1.54, 1.807) is 23.1 Å². The summed E-state index contributed by atoms with van der Waals surface area (Å²) in [6.07, 6.45) is 3.25. The Balaban J connectivity index is 1.62. The Morgan fingerprint density at radius 1 is 1.25 bits per heavy atom. The molecule has 122 valence electrons. The predicted octanol–water partition coefficient (Wildman–Crippen LogP) is 2.83.